The normalized spacial score (nSPS) is 20.3. The molecule has 0 spiro atoms. The first kappa shape index (κ1) is 15.3. The summed E-state index contributed by atoms with van der Waals surface area (Å²) >= 11 is 0. The fraction of sp³-hybridized carbons (Fsp3) is 0.688. The number of hydrogen-bond donors (Lipinski definition) is 0. The summed E-state index contributed by atoms with van der Waals surface area (Å²) < 4.78 is 5.28. The molecule has 0 aliphatic carbocycles. The Balaban J connectivity index is 1.96. The topological polar surface area (TPSA) is 28.6 Å². The van der Waals surface area contributed by atoms with Gasteiger partial charge in [-0.3, -0.25) is 9.88 Å². The van der Waals surface area contributed by atoms with Crippen LogP contribution in [0.5, 0.6) is 5.75 Å². The van der Waals surface area contributed by atoms with Gasteiger partial charge in [-0.2, -0.15) is 0 Å². The summed E-state index contributed by atoms with van der Waals surface area (Å²) in [5.41, 5.74) is 1.11. The number of nitrogens with zero attached hydrogens (tertiary/aromatic N) is 3. The highest BCUT2D eigenvalue weighted by molar-refractivity contribution is 5.22. The smallest absolute Gasteiger partial charge is 0.122 e. The van der Waals surface area contributed by atoms with Crippen molar-refractivity contribution in [3.63, 3.8) is 0 Å². The van der Waals surface area contributed by atoms with E-state index < -0.39 is 0 Å². The minimum Gasteiger partial charge on any atom is -0.497 e. The molecule has 4 nitrogen and oxygen atoms in total. The van der Waals surface area contributed by atoms with E-state index in [1.165, 1.54) is 32.2 Å². The maximum absolute atomic E-state index is 5.28. The third-order valence-corrected chi connectivity index (χ3v) is 4.05. The van der Waals surface area contributed by atoms with Gasteiger partial charge in [-0.15, -0.1) is 0 Å². The van der Waals surface area contributed by atoms with Crippen LogP contribution >= 0.6 is 0 Å². The van der Waals surface area contributed by atoms with Gasteiger partial charge >= 0.3 is 0 Å². The molecule has 20 heavy (non-hydrogen) atoms. The lowest BCUT2D eigenvalue weighted by Crippen LogP contribution is -2.40. The van der Waals surface area contributed by atoms with Crippen LogP contribution in [0.2, 0.25) is 0 Å². The molecular weight excluding hydrogens is 250 g/mol. The molecule has 0 N–H and O–H groups in total. The van der Waals surface area contributed by atoms with Gasteiger partial charge in [0.15, 0.2) is 0 Å². The van der Waals surface area contributed by atoms with Crippen molar-refractivity contribution in [2.75, 3.05) is 34.3 Å². The van der Waals surface area contributed by atoms with E-state index in [2.05, 4.69) is 34.9 Å². The zero-order valence-electron chi connectivity index (χ0n) is 13.0. The van der Waals surface area contributed by atoms with E-state index in [1.807, 2.05) is 12.3 Å². The van der Waals surface area contributed by atoms with E-state index in [0.717, 1.165) is 24.5 Å². The van der Waals surface area contributed by atoms with Crippen molar-refractivity contribution in [3.8, 4) is 5.75 Å². The fourth-order valence-corrected chi connectivity index (χ4v) is 2.88. The van der Waals surface area contributed by atoms with Gasteiger partial charge in [-0.25, -0.2) is 0 Å². The van der Waals surface area contributed by atoms with Crippen LogP contribution in [0.15, 0.2) is 18.3 Å². The number of rotatable bonds is 6. The van der Waals surface area contributed by atoms with Gasteiger partial charge < -0.3 is 9.64 Å². The van der Waals surface area contributed by atoms with Gasteiger partial charge in [0, 0.05) is 24.8 Å². The highest BCUT2D eigenvalue weighted by Gasteiger charge is 2.22. The first-order valence-electron chi connectivity index (χ1n) is 7.56. The molecule has 1 aliphatic heterocycles. The molecule has 0 bridgehead atoms. The average Bonchev–Trinajstić information content (AvgIpc) is 2.46. The van der Waals surface area contributed by atoms with Crippen molar-refractivity contribution in [2.45, 2.75) is 38.3 Å². The molecule has 112 valence electrons. The Morgan fingerprint density at radius 3 is 3.00 bits per heavy atom. The molecule has 1 aromatic heterocycles. The van der Waals surface area contributed by atoms with Crippen LogP contribution in [0.1, 0.15) is 31.4 Å². The molecule has 1 unspecified atom stereocenters. The van der Waals surface area contributed by atoms with Gasteiger partial charge in [0.25, 0.3) is 0 Å². The summed E-state index contributed by atoms with van der Waals surface area (Å²) in [6, 6.07) is 4.65. The molecule has 0 amide bonds. The molecule has 1 aromatic rings. The van der Waals surface area contributed by atoms with Crippen molar-refractivity contribution >= 4 is 0 Å². The summed E-state index contributed by atoms with van der Waals surface area (Å²) in [6.45, 7) is 3.29. The summed E-state index contributed by atoms with van der Waals surface area (Å²) in [5.74, 6) is 0.900. The Morgan fingerprint density at radius 2 is 2.25 bits per heavy atom. The van der Waals surface area contributed by atoms with Crippen LogP contribution in [0.3, 0.4) is 0 Å². The Bertz CT molecular complexity index is 408. The third kappa shape index (κ3) is 4.46. The Labute approximate surface area is 122 Å². The van der Waals surface area contributed by atoms with Crippen molar-refractivity contribution in [3.05, 3.63) is 24.0 Å². The first-order chi connectivity index (χ1) is 9.69. The van der Waals surface area contributed by atoms with Crippen molar-refractivity contribution in [1.82, 2.24) is 14.8 Å². The number of aromatic nitrogens is 1. The van der Waals surface area contributed by atoms with Gasteiger partial charge in [0.1, 0.15) is 5.75 Å². The number of methoxy groups -OCH3 is 1. The number of hydrogen-bond acceptors (Lipinski definition) is 4. The third-order valence-electron chi connectivity index (χ3n) is 4.05. The van der Waals surface area contributed by atoms with E-state index in [0.29, 0.717) is 6.04 Å². The minimum absolute atomic E-state index is 0.694. The fourth-order valence-electron chi connectivity index (χ4n) is 2.88. The lowest BCUT2D eigenvalue weighted by molar-refractivity contribution is 0.123. The predicted octanol–water partition coefficient (Wildman–Crippen LogP) is 2.40. The second kappa shape index (κ2) is 7.60. The van der Waals surface area contributed by atoms with E-state index in [9.17, 15) is 0 Å². The van der Waals surface area contributed by atoms with Crippen LogP contribution in [-0.4, -0.2) is 55.1 Å². The van der Waals surface area contributed by atoms with Crippen molar-refractivity contribution < 1.29 is 4.74 Å². The monoisotopic (exact) mass is 277 g/mol. The highest BCUT2D eigenvalue weighted by Crippen LogP contribution is 2.22. The van der Waals surface area contributed by atoms with Gasteiger partial charge in [-0.1, -0.05) is 6.42 Å². The predicted molar refractivity (Wildman–Crippen MR) is 82.0 cm³/mol. The Kier molecular flexibility index (Phi) is 5.80. The number of piperidine rings is 1. The molecule has 1 atom stereocenters. The first-order valence-corrected chi connectivity index (χ1v) is 7.56. The number of ether oxygens (including phenoxy) is 1. The lowest BCUT2D eigenvalue weighted by atomic mass is 9.99. The zero-order valence-corrected chi connectivity index (χ0v) is 13.0. The molecule has 0 aromatic carbocycles. The number of likely N-dealkylation sites (tertiary alicyclic amines) is 1. The van der Waals surface area contributed by atoms with E-state index in [-0.39, 0.29) is 0 Å². The molecule has 1 saturated heterocycles. The van der Waals surface area contributed by atoms with Crippen molar-refractivity contribution in [1.29, 1.82) is 0 Å². The summed E-state index contributed by atoms with van der Waals surface area (Å²) in [6.07, 6.45) is 7.07. The molecule has 4 heteroatoms. The zero-order chi connectivity index (χ0) is 14.4. The second-order valence-electron chi connectivity index (χ2n) is 5.90. The van der Waals surface area contributed by atoms with Gasteiger partial charge in [0.2, 0.25) is 0 Å². The van der Waals surface area contributed by atoms with E-state index >= 15 is 0 Å². The molecule has 2 rings (SSSR count). The van der Waals surface area contributed by atoms with Crippen LogP contribution in [-0.2, 0) is 6.54 Å². The summed E-state index contributed by atoms with van der Waals surface area (Å²) in [4.78, 5) is 9.35. The molecule has 2 heterocycles. The van der Waals surface area contributed by atoms with E-state index in [4.69, 9.17) is 4.74 Å². The van der Waals surface area contributed by atoms with Crippen LogP contribution in [0, 0.1) is 0 Å². The summed E-state index contributed by atoms with van der Waals surface area (Å²) in [7, 11) is 6.01. The average molecular weight is 277 g/mol. The molecular formula is C16H27N3O. The standard InChI is InChI=1S/C16H27N3O/c1-18(2)11-8-15-6-4-5-10-19(15)13-14-12-16(20-3)7-9-17-14/h7,9,12,15H,4-6,8,10-11,13H2,1-3H3. The van der Waals surface area contributed by atoms with Gasteiger partial charge in [-0.05, 0) is 52.5 Å². The highest BCUT2D eigenvalue weighted by atomic mass is 16.5. The SMILES string of the molecule is COc1ccnc(CN2CCCCC2CCN(C)C)c1. The van der Waals surface area contributed by atoms with Gasteiger partial charge in [0.05, 0.1) is 12.8 Å². The second-order valence-corrected chi connectivity index (χ2v) is 5.90. The molecule has 1 aliphatic rings. The quantitative estimate of drug-likeness (QED) is 0.798. The van der Waals surface area contributed by atoms with Crippen LogP contribution in [0.25, 0.3) is 0 Å². The Hall–Kier alpha value is -1.13. The maximum Gasteiger partial charge on any atom is 0.122 e. The number of pyridine rings is 1. The summed E-state index contributed by atoms with van der Waals surface area (Å²) in [5, 5.41) is 0. The maximum atomic E-state index is 5.28. The molecule has 0 saturated carbocycles. The van der Waals surface area contributed by atoms with Crippen LogP contribution in [0.4, 0.5) is 0 Å². The van der Waals surface area contributed by atoms with Crippen LogP contribution < -0.4 is 4.74 Å². The molecule has 1 fully saturated rings. The molecule has 0 radical (unpaired) electrons. The largest absolute Gasteiger partial charge is 0.497 e. The minimum atomic E-state index is 0.694. The Morgan fingerprint density at radius 1 is 1.40 bits per heavy atom. The van der Waals surface area contributed by atoms with E-state index in [1.54, 1.807) is 7.11 Å². The van der Waals surface area contributed by atoms with Crippen molar-refractivity contribution in [2.24, 2.45) is 0 Å². The lowest BCUT2D eigenvalue weighted by Gasteiger charge is -2.36.